The highest BCUT2D eigenvalue weighted by Gasteiger charge is 1.83. The van der Waals surface area contributed by atoms with Gasteiger partial charge in [0.15, 0.2) is 0 Å². The summed E-state index contributed by atoms with van der Waals surface area (Å²) in [6, 6.07) is 2.02. The topological polar surface area (TPSA) is 23.8 Å². The van der Waals surface area contributed by atoms with Crippen LogP contribution in [0.4, 0.5) is 0 Å². The van der Waals surface area contributed by atoms with Crippen LogP contribution in [-0.4, -0.2) is 0 Å². The molecule has 0 saturated carbocycles. The third kappa shape index (κ3) is 3.17. The van der Waals surface area contributed by atoms with Crippen LogP contribution in [0.25, 0.3) is 0 Å². The van der Waals surface area contributed by atoms with Crippen molar-refractivity contribution in [2.75, 3.05) is 0 Å². The molecule has 0 spiro atoms. The maximum absolute atomic E-state index is 8.09. The van der Waals surface area contributed by atoms with Gasteiger partial charge in [-0.1, -0.05) is 24.8 Å². The molecular weight excluding hydrogens is 98.1 g/mol. The zero-order valence-corrected chi connectivity index (χ0v) is 4.85. The molecule has 0 amide bonds. The lowest BCUT2D eigenvalue weighted by Crippen LogP contribution is -1.71. The van der Waals surface area contributed by atoms with Crippen molar-refractivity contribution >= 4 is 0 Å². The van der Waals surface area contributed by atoms with E-state index < -0.39 is 0 Å². The van der Waals surface area contributed by atoms with Gasteiger partial charge in [-0.3, -0.25) is 0 Å². The van der Waals surface area contributed by atoms with Crippen LogP contribution in [-0.2, 0) is 0 Å². The average molecular weight is 107 g/mol. The molecule has 1 heteroatoms. The maximum atomic E-state index is 8.09. The summed E-state index contributed by atoms with van der Waals surface area (Å²) in [4.78, 5) is 0. The molecule has 0 aromatic heterocycles. The Hall–Kier alpha value is -1.03. The van der Waals surface area contributed by atoms with Crippen molar-refractivity contribution in [1.29, 1.82) is 5.26 Å². The van der Waals surface area contributed by atoms with Gasteiger partial charge in [0.1, 0.15) is 0 Å². The van der Waals surface area contributed by atoms with E-state index in [9.17, 15) is 0 Å². The van der Waals surface area contributed by atoms with Crippen molar-refractivity contribution in [3.05, 3.63) is 24.8 Å². The lowest BCUT2D eigenvalue weighted by molar-refractivity contribution is 1.02. The van der Waals surface area contributed by atoms with Gasteiger partial charge in [0.2, 0.25) is 0 Å². The second-order valence-corrected chi connectivity index (χ2v) is 1.52. The van der Waals surface area contributed by atoms with E-state index >= 15 is 0 Å². The molecule has 1 nitrogen and oxygen atoms in total. The molecule has 0 saturated heterocycles. The van der Waals surface area contributed by atoms with Gasteiger partial charge in [-0.2, -0.15) is 5.26 Å². The van der Waals surface area contributed by atoms with Crippen molar-refractivity contribution in [2.24, 2.45) is 0 Å². The Bertz CT molecular complexity index is 128. The van der Waals surface area contributed by atoms with Gasteiger partial charge in [-0.25, -0.2) is 0 Å². The van der Waals surface area contributed by atoms with E-state index in [2.05, 4.69) is 13.2 Å². The van der Waals surface area contributed by atoms with Crippen molar-refractivity contribution < 1.29 is 0 Å². The second-order valence-electron chi connectivity index (χ2n) is 1.52. The Labute approximate surface area is 49.9 Å². The van der Waals surface area contributed by atoms with Gasteiger partial charge in [-0.05, 0) is 6.42 Å². The summed E-state index contributed by atoms with van der Waals surface area (Å²) in [5, 5.41) is 8.09. The SMILES string of the molecule is C=CC(=C)CCC#N. The number of nitrogens with zero attached hydrogens (tertiary/aromatic N) is 1. The van der Waals surface area contributed by atoms with Crippen LogP contribution in [0.15, 0.2) is 24.8 Å². The number of allylic oxidation sites excluding steroid dienone is 2. The first-order valence-corrected chi connectivity index (χ1v) is 2.48. The lowest BCUT2D eigenvalue weighted by atomic mass is 10.2. The molecule has 0 aliphatic rings. The number of rotatable bonds is 3. The standard InChI is InChI=1S/C7H9N/c1-3-7(2)5-4-6-8/h3H,1-2,4-5H2. The molecule has 0 aromatic rings. The van der Waals surface area contributed by atoms with Crippen molar-refractivity contribution in [2.45, 2.75) is 12.8 Å². The highest BCUT2D eigenvalue weighted by molar-refractivity contribution is 5.11. The fraction of sp³-hybridized carbons (Fsp3) is 0.286. The van der Waals surface area contributed by atoms with Crippen LogP contribution < -0.4 is 0 Å². The van der Waals surface area contributed by atoms with E-state index in [0.29, 0.717) is 6.42 Å². The first kappa shape index (κ1) is 6.97. The normalized spacial score (nSPS) is 7.38. The smallest absolute Gasteiger partial charge is 0.0625 e. The highest BCUT2D eigenvalue weighted by atomic mass is 14.2. The minimum Gasteiger partial charge on any atom is -0.198 e. The molecule has 42 valence electrons. The molecule has 0 aliphatic heterocycles. The molecule has 0 rings (SSSR count). The summed E-state index contributed by atoms with van der Waals surface area (Å²) < 4.78 is 0. The molecule has 0 bridgehead atoms. The third-order valence-corrected chi connectivity index (χ3v) is 0.847. The average Bonchev–Trinajstić information content (AvgIpc) is 1.83. The molecular formula is C7H9N. The minimum absolute atomic E-state index is 0.546. The van der Waals surface area contributed by atoms with E-state index in [0.717, 1.165) is 12.0 Å². The number of hydrogen-bond acceptors (Lipinski definition) is 1. The number of nitriles is 1. The monoisotopic (exact) mass is 107 g/mol. The third-order valence-electron chi connectivity index (χ3n) is 0.847. The summed E-state index contributed by atoms with van der Waals surface area (Å²) >= 11 is 0. The summed E-state index contributed by atoms with van der Waals surface area (Å²) in [5.41, 5.74) is 0.937. The van der Waals surface area contributed by atoms with Gasteiger partial charge in [0.25, 0.3) is 0 Å². The van der Waals surface area contributed by atoms with Crippen LogP contribution in [0, 0.1) is 11.3 Å². The van der Waals surface area contributed by atoms with Crippen LogP contribution >= 0.6 is 0 Å². The van der Waals surface area contributed by atoms with Crippen molar-refractivity contribution in [1.82, 2.24) is 0 Å². The first-order chi connectivity index (χ1) is 3.81. The highest BCUT2D eigenvalue weighted by Crippen LogP contribution is 2.00. The van der Waals surface area contributed by atoms with Crippen LogP contribution in [0.3, 0.4) is 0 Å². The van der Waals surface area contributed by atoms with Crippen molar-refractivity contribution in [3.8, 4) is 6.07 Å². The molecule has 0 atom stereocenters. The largest absolute Gasteiger partial charge is 0.198 e. The molecule has 0 radical (unpaired) electrons. The van der Waals surface area contributed by atoms with Gasteiger partial charge in [0, 0.05) is 6.42 Å². The summed E-state index contributed by atoms with van der Waals surface area (Å²) in [6.07, 6.45) is 2.97. The molecule has 0 aromatic carbocycles. The molecule has 0 unspecified atom stereocenters. The Morgan fingerprint density at radius 2 is 2.38 bits per heavy atom. The first-order valence-electron chi connectivity index (χ1n) is 2.48. The quantitative estimate of drug-likeness (QED) is 0.506. The van der Waals surface area contributed by atoms with Gasteiger partial charge >= 0.3 is 0 Å². The Morgan fingerprint density at radius 1 is 1.75 bits per heavy atom. The fourth-order valence-corrected chi connectivity index (χ4v) is 0.319. The zero-order chi connectivity index (χ0) is 6.41. The Morgan fingerprint density at radius 3 is 2.75 bits per heavy atom. The van der Waals surface area contributed by atoms with E-state index in [-0.39, 0.29) is 0 Å². The summed E-state index contributed by atoms with van der Waals surface area (Å²) in [7, 11) is 0. The minimum atomic E-state index is 0.546. The van der Waals surface area contributed by atoms with Gasteiger partial charge < -0.3 is 0 Å². The molecule has 0 N–H and O–H groups in total. The Kier molecular flexibility index (Phi) is 3.60. The van der Waals surface area contributed by atoms with Crippen LogP contribution in [0.5, 0.6) is 0 Å². The molecule has 0 fully saturated rings. The molecule has 8 heavy (non-hydrogen) atoms. The maximum Gasteiger partial charge on any atom is 0.0625 e. The van der Waals surface area contributed by atoms with E-state index in [1.807, 2.05) is 6.07 Å². The van der Waals surface area contributed by atoms with E-state index in [1.54, 1.807) is 6.08 Å². The summed E-state index contributed by atoms with van der Waals surface area (Å²) in [6.45, 7) is 7.15. The predicted octanol–water partition coefficient (Wildman–Crippen LogP) is 2.03. The van der Waals surface area contributed by atoms with Crippen LogP contribution in [0.1, 0.15) is 12.8 Å². The number of hydrogen-bond donors (Lipinski definition) is 0. The van der Waals surface area contributed by atoms with Gasteiger partial charge in [0.05, 0.1) is 6.07 Å². The molecule has 0 aliphatic carbocycles. The van der Waals surface area contributed by atoms with E-state index in [1.165, 1.54) is 0 Å². The fourth-order valence-electron chi connectivity index (χ4n) is 0.319. The predicted molar refractivity (Wildman–Crippen MR) is 34.2 cm³/mol. The van der Waals surface area contributed by atoms with Crippen LogP contribution in [0.2, 0.25) is 0 Å². The van der Waals surface area contributed by atoms with Crippen molar-refractivity contribution in [3.63, 3.8) is 0 Å². The van der Waals surface area contributed by atoms with Gasteiger partial charge in [-0.15, -0.1) is 0 Å². The second kappa shape index (κ2) is 4.14. The summed E-state index contributed by atoms with van der Waals surface area (Å²) in [5.74, 6) is 0. The Balaban J connectivity index is 3.28. The zero-order valence-electron chi connectivity index (χ0n) is 4.85. The van der Waals surface area contributed by atoms with E-state index in [4.69, 9.17) is 5.26 Å². The molecule has 0 heterocycles. The lowest BCUT2D eigenvalue weighted by Gasteiger charge is -1.88.